The molecule has 0 spiro atoms. The van der Waals surface area contributed by atoms with Gasteiger partial charge in [0.2, 0.25) is 0 Å². The van der Waals surface area contributed by atoms with Crippen molar-refractivity contribution in [2.45, 2.75) is 20.1 Å². The van der Waals surface area contributed by atoms with Crippen LogP contribution in [0.25, 0.3) is 17.3 Å². The van der Waals surface area contributed by atoms with Gasteiger partial charge in [-0.2, -0.15) is 5.10 Å². The van der Waals surface area contributed by atoms with E-state index in [1.54, 1.807) is 59.4 Å². The van der Waals surface area contributed by atoms with Gasteiger partial charge in [0.05, 0.1) is 29.5 Å². The monoisotopic (exact) mass is 655 g/mol. The maximum atomic E-state index is 14.3. The summed E-state index contributed by atoms with van der Waals surface area (Å²) in [4.78, 5) is 35.2. The van der Waals surface area contributed by atoms with E-state index in [1.807, 2.05) is 43.3 Å². The van der Waals surface area contributed by atoms with Crippen molar-refractivity contribution in [2.75, 3.05) is 18.0 Å². The molecule has 2 amide bonds. The average Bonchev–Trinajstić information content (AvgIpc) is 3.45. The standard InChI is InChI=1S/C35H28Cl2FN5O3/c1-2-42(31-10-6-7-17-39-31)34(44)32-28-21-41(35(45)46-22-24-8-4-3-5-9-24)20-25(18-23-11-14-27(38)15-12-23)33(28)43(40-32)30-16-13-26(36)19-29(30)37/h3-19H,2,20-22H2,1H3. The first-order valence-electron chi connectivity index (χ1n) is 14.5. The fourth-order valence-electron chi connectivity index (χ4n) is 5.32. The van der Waals surface area contributed by atoms with E-state index in [2.05, 4.69) is 4.98 Å². The molecule has 0 radical (unpaired) electrons. The van der Waals surface area contributed by atoms with Crippen LogP contribution in [0.2, 0.25) is 10.0 Å². The number of rotatable bonds is 7. The molecule has 0 N–H and O–H groups in total. The molecule has 0 saturated heterocycles. The van der Waals surface area contributed by atoms with E-state index in [-0.39, 0.29) is 31.2 Å². The number of amides is 2. The largest absolute Gasteiger partial charge is 0.445 e. The molecule has 0 fully saturated rings. The molecular formula is C35H28Cl2FN5O3. The second kappa shape index (κ2) is 13.6. The molecule has 0 saturated carbocycles. The zero-order chi connectivity index (χ0) is 32.2. The average molecular weight is 657 g/mol. The summed E-state index contributed by atoms with van der Waals surface area (Å²) in [7, 11) is 0. The number of halogens is 3. The molecule has 6 rings (SSSR count). The predicted molar refractivity (Wildman–Crippen MR) is 176 cm³/mol. The van der Waals surface area contributed by atoms with Crippen LogP contribution >= 0.6 is 23.2 Å². The molecule has 1 aliphatic rings. The van der Waals surface area contributed by atoms with Crippen LogP contribution in [0.5, 0.6) is 0 Å². The van der Waals surface area contributed by atoms with Gasteiger partial charge in [-0.1, -0.05) is 71.7 Å². The van der Waals surface area contributed by atoms with Crippen molar-refractivity contribution in [3.63, 3.8) is 0 Å². The highest BCUT2D eigenvalue weighted by Gasteiger charge is 2.36. The first-order chi connectivity index (χ1) is 22.3. The van der Waals surface area contributed by atoms with Crippen LogP contribution in [-0.4, -0.2) is 44.8 Å². The summed E-state index contributed by atoms with van der Waals surface area (Å²) in [6.45, 7) is 2.41. The van der Waals surface area contributed by atoms with Crippen LogP contribution in [0.1, 0.15) is 39.8 Å². The second-order valence-corrected chi connectivity index (χ2v) is 11.4. The summed E-state index contributed by atoms with van der Waals surface area (Å²) < 4.78 is 21.1. The minimum absolute atomic E-state index is 0.0375. The Kier molecular flexibility index (Phi) is 9.14. The van der Waals surface area contributed by atoms with Gasteiger partial charge in [0, 0.05) is 23.3 Å². The number of hydrogen-bond acceptors (Lipinski definition) is 5. The molecule has 8 nitrogen and oxygen atoms in total. The van der Waals surface area contributed by atoms with E-state index in [0.717, 1.165) is 5.56 Å². The number of benzene rings is 3. The molecular weight excluding hydrogens is 628 g/mol. The number of carbonyl (C=O) groups is 2. The fourth-order valence-corrected chi connectivity index (χ4v) is 5.81. The topological polar surface area (TPSA) is 80.6 Å². The summed E-state index contributed by atoms with van der Waals surface area (Å²) in [5.41, 5.74) is 3.87. The lowest BCUT2D eigenvalue weighted by Gasteiger charge is -2.30. The quantitative estimate of drug-likeness (QED) is 0.177. The fraction of sp³-hybridized carbons (Fsp3) is 0.143. The Hall–Kier alpha value is -4.99. The van der Waals surface area contributed by atoms with E-state index in [1.165, 1.54) is 21.9 Å². The number of nitrogens with zero attached hydrogens (tertiary/aromatic N) is 5. The lowest BCUT2D eigenvalue weighted by atomic mass is 9.97. The van der Waals surface area contributed by atoms with Gasteiger partial charge in [0.1, 0.15) is 18.2 Å². The molecule has 5 aromatic rings. The molecule has 11 heteroatoms. The summed E-state index contributed by atoms with van der Waals surface area (Å²) in [6.07, 6.45) is 2.88. The number of fused-ring (bicyclic) bond motifs is 1. The minimum atomic E-state index is -0.563. The van der Waals surface area contributed by atoms with Gasteiger partial charge in [-0.3, -0.25) is 14.6 Å². The second-order valence-electron chi connectivity index (χ2n) is 10.5. The normalized spacial score (nSPS) is 13.4. The van der Waals surface area contributed by atoms with Crippen molar-refractivity contribution >= 4 is 52.7 Å². The molecule has 0 atom stereocenters. The number of ether oxygens (including phenoxy) is 1. The van der Waals surface area contributed by atoms with Gasteiger partial charge in [-0.25, -0.2) is 18.9 Å². The maximum Gasteiger partial charge on any atom is 0.410 e. The molecule has 0 aliphatic carbocycles. The van der Waals surface area contributed by atoms with Gasteiger partial charge >= 0.3 is 6.09 Å². The third-order valence-corrected chi connectivity index (χ3v) is 8.04. The van der Waals surface area contributed by atoms with Gasteiger partial charge < -0.3 is 4.74 Å². The van der Waals surface area contributed by atoms with Crippen molar-refractivity contribution in [1.29, 1.82) is 0 Å². The molecule has 3 heterocycles. The zero-order valence-electron chi connectivity index (χ0n) is 24.7. The molecule has 46 heavy (non-hydrogen) atoms. The molecule has 1 aliphatic heterocycles. The van der Waals surface area contributed by atoms with Crippen molar-refractivity contribution in [1.82, 2.24) is 19.7 Å². The van der Waals surface area contributed by atoms with Crippen molar-refractivity contribution < 1.29 is 18.7 Å². The van der Waals surface area contributed by atoms with E-state index >= 15 is 0 Å². The van der Waals surface area contributed by atoms with Crippen LogP contribution in [0, 0.1) is 5.82 Å². The van der Waals surface area contributed by atoms with Crippen LogP contribution in [-0.2, 0) is 17.9 Å². The number of anilines is 1. The first-order valence-corrected chi connectivity index (χ1v) is 15.3. The summed E-state index contributed by atoms with van der Waals surface area (Å²) in [5.74, 6) is -0.320. The minimum Gasteiger partial charge on any atom is -0.445 e. The van der Waals surface area contributed by atoms with E-state index in [4.69, 9.17) is 33.0 Å². The van der Waals surface area contributed by atoms with Crippen LogP contribution in [0.3, 0.4) is 0 Å². The predicted octanol–water partition coefficient (Wildman–Crippen LogP) is 8.07. The highest BCUT2D eigenvalue weighted by atomic mass is 35.5. The Bertz CT molecular complexity index is 1910. The Morgan fingerprint density at radius 3 is 2.43 bits per heavy atom. The van der Waals surface area contributed by atoms with Crippen LogP contribution in [0.4, 0.5) is 15.0 Å². The van der Waals surface area contributed by atoms with Crippen LogP contribution in [0.15, 0.2) is 97.2 Å². The Morgan fingerprint density at radius 1 is 0.978 bits per heavy atom. The van der Waals surface area contributed by atoms with Crippen molar-refractivity contribution in [2.24, 2.45) is 0 Å². The lowest BCUT2D eigenvalue weighted by molar-refractivity contribution is 0.0947. The van der Waals surface area contributed by atoms with E-state index in [9.17, 15) is 14.0 Å². The van der Waals surface area contributed by atoms with Gasteiger partial charge in [-0.05, 0) is 72.2 Å². The Morgan fingerprint density at radius 2 is 1.74 bits per heavy atom. The SMILES string of the molecule is CCN(C(=O)c1nn(-c2ccc(Cl)cc2Cl)c2c1CN(C(=O)OCc1ccccc1)CC2=Cc1ccc(F)cc1)c1ccccn1. The van der Waals surface area contributed by atoms with Gasteiger partial charge in [0.15, 0.2) is 5.69 Å². The lowest BCUT2D eigenvalue weighted by Crippen LogP contribution is -2.37. The van der Waals surface area contributed by atoms with Gasteiger partial charge in [0.25, 0.3) is 5.91 Å². The Labute approximate surface area is 275 Å². The smallest absolute Gasteiger partial charge is 0.410 e. The molecule has 0 unspecified atom stereocenters. The first kappa shape index (κ1) is 31.0. The summed E-state index contributed by atoms with van der Waals surface area (Å²) in [6, 6.07) is 25.7. The van der Waals surface area contributed by atoms with Crippen molar-refractivity contribution in [3.8, 4) is 5.69 Å². The summed E-state index contributed by atoms with van der Waals surface area (Å²) in [5, 5.41) is 5.59. The maximum absolute atomic E-state index is 14.3. The zero-order valence-corrected chi connectivity index (χ0v) is 26.2. The van der Waals surface area contributed by atoms with E-state index < -0.39 is 12.0 Å². The highest BCUT2D eigenvalue weighted by Crippen LogP contribution is 2.37. The molecule has 0 bridgehead atoms. The number of pyridine rings is 1. The Balaban J connectivity index is 1.50. The van der Waals surface area contributed by atoms with Gasteiger partial charge in [-0.15, -0.1) is 0 Å². The molecule has 232 valence electrons. The van der Waals surface area contributed by atoms with Crippen molar-refractivity contribution in [3.05, 3.63) is 141 Å². The third-order valence-electron chi connectivity index (χ3n) is 7.50. The summed E-state index contributed by atoms with van der Waals surface area (Å²) >= 11 is 12.9. The third kappa shape index (κ3) is 6.51. The number of hydrogen-bond donors (Lipinski definition) is 0. The number of carbonyl (C=O) groups excluding carboxylic acids is 2. The highest BCUT2D eigenvalue weighted by molar-refractivity contribution is 6.35. The van der Waals surface area contributed by atoms with E-state index in [0.29, 0.717) is 50.5 Å². The van der Waals surface area contributed by atoms with Crippen LogP contribution < -0.4 is 4.90 Å². The number of aromatic nitrogens is 3. The molecule has 3 aromatic carbocycles. The molecule has 2 aromatic heterocycles.